The van der Waals surface area contributed by atoms with Gasteiger partial charge in [-0.1, -0.05) is 23.2 Å². The summed E-state index contributed by atoms with van der Waals surface area (Å²) in [7, 11) is 0. The van der Waals surface area contributed by atoms with Gasteiger partial charge in [-0.25, -0.2) is 0 Å². The molecule has 0 saturated heterocycles. The molecule has 1 amide bonds. The Morgan fingerprint density at radius 1 is 0.870 bits per heavy atom. The minimum atomic E-state index is -0.294. The van der Waals surface area contributed by atoms with E-state index in [0.29, 0.717) is 15.7 Å². The molecule has 0 bridgehead atoms. The standard InChI is InChI=1S/C17H12Cl2N2O2/c18-11-8-12(19)10-15(9-11)20-13-3-5-14(6-4-13)21-17(22)16-2-1-7-23-16/h1-10,20H,(H,21,22). The van der Waals surface area contributed by atoms with Gasteiger partial charge in [0.15, 0.2) is 5.76 Å². The van der Waals surface area contributed by atoms with Crippen molar-refractivity contribution in [3.05, 3.63) is 76.7 Å². The van der Waals surface area contributed by atoms with Crippen LogP contribution in [-0.4, -0.2) is 5.91 Å². The number of furan rings is 1. The summed E-state index contributed by atoms with van der Waals surface area (Å²) in [5, 5.41) is 7.06. The highest BCUT2D eigenvalue weighted by atomic mass is 35.5. The number of carbonyl (C=O) groups excluding carboxylic acids is 1. The number of anilines is 3. The van der Waals surface area contributed by atoms with Crippen molar-refractivity contribution in [2.24, 2.45) is 0 Å². The second-order valence-electron chi connectivity index (χ2n) is 4.79. The van der Waals surface area contributed by atoms with Crippen LogP contribution in [0.2, 0.25) is 10.0 Å². The first-order valence-electron chi connectivity index (χ1n) is 6.78. The van der Waals surface area contributed by atoms with Crippen LogP contribution in [0.15, 0.2) is 65.3 Å². The van der Waals surface area contributed by atoms with E-state index in [1.165, 1.54) is 6.26 Å². The number of benzene rings is 2. The normalized spacial score (nSPS) is 10.3. The van der Waals surface area contributed by atoms with E-state index in [4.69, 9.17) is 27.6 Å². The average Bonchev–Trinajstić information content (AvgIpc) is 3.02. The van der Waals surface area contributed by atoms with Crippen LogP contribution < -0.4 is 10.6 Å². The van der Waals surface area contributed by atoms with Crippen molar-refractivity contribution in [3.63, 3.8) is 0 Å². The first kappa shape index (κ1) is 15.5. The minimum absolute atomic E-state index is 0.265. The maximum Gasteiger partial charge on any atom is 0.291 e. The third kappa shape index (κ3) is 4.06. The van der Waals surface area contributed by atoms with E-state index in [0.717, 1.165) is 11.4 Å². The minimum Gasteiger partial charge on any atom is -0.459 e. The fourth-order valence-corrected chi connectivity index (χ4v) is 2.56. The first-order valence-corrected chi connectivity index (χ1v) is 7.54. The van der Waals surface area contributed by atoms with Crippen molar-refractivity contribution in [2.45, 2.75) is 0 Å². The molecule has 0 spiro atoms. The molecule has 1 aromatic heterocycles. The van der Waals surface area contributed by atoms with Gasteiger partial charge in [0.25, 0.3) is 5.91 Å². The van der Waals surface area contributed by atoms with E-state index in [1.807, 2.05) is 12.1 Å². The van der Waals surface area contributed by atoms with E-state index in [-0.39, 0.29) is 11.7 Å². The summed E-state index contributed by atoms with van der Waals surface area (Å²) in [6.45, 7) is 0. The molecule has 23 heavy (non-hydrogen) atoms. The molecular formula is C17H12Cl2N2O2. The van der Waals surface area contributed by atoms with Crippen LogP contribution in [-0.2, 0) is 0 Å². The van der Waals surface area contributed by atoms with Gasteiger partial charge in [0.1, 0.15) is 0 Å². The molecule has 3 aromatic rings. The fraction of sp³-hybridized carbons (Fsp3) is 0. The Labute approximate surface area is 143 Å². The lowest BCUT2D eigenvalue weighted by atomic mass is 10.2. The molecule has 6 heteroatoms. The molecule has 1 heterocycles. The number of carbonyl (C=O) groups is 1. The summed E-state index contributed by atoms with van der Waals surface area (Å²) in [5.74, 6) is -0.0295. The Morgan fingerprint density at radius 3 is 2.13 bits per heavy atom. The summed E-state index contributed by atoms with van der Waals surface area (Å²) in [4.78, 5) is 11.9. The first-order chi connectivity index (χ1) is 11.1. The molecule has 0 radical (unpaired) electrons. The average molecular weight is 347 g/mol. The number of hydrogen-bond donors (Lipinski definition) is 2. The lowest BCUT2D eigenvalue weighted by Crippen LogP contribution is -2.10. The van der Waals surface area contributed by atoms with Crippen molar-refractivity contribution in [1.29, 1.82) is 0 Å². The smallest absolute Gasteiger partial charge is 0.291 e. The maximum atomic E-state index is 11.9. The Kier molecular flexibility index (Phi) is 4.55. The molecule has 0 unspecified atom stereocenters. The lowest BCUT2D eigenvalue weighted by Gasteiger charge is -2.09. The van der Waals surface area contributed by atoms with Crippen molar-refractivity contribution in [1.82, 2.24) is 0 Å². The maximum absolute atomic E-state index is 11.9. The summed E-state index contributed by atoms with van der Waals surface area (Å²) >= 11 is 11.9. The summed E-state index contributed by atoms with van der Waals surface area (Å²) in [6, 6.07) is 15.7. The van der Waals surface area contributed by atoms with Gasteiger partial charge in [-0.15, -0.1) is 0 Å². The predicted molar refractivity (Wildman–Crippen MR) is 92.8 cm³/mol. The SMILES string of the molecule is O=C(Nc1ccc(Nc2cc(Cl)cc(Cl)c2)cc1)c1ccco1. The molecule has 116 valence electrons. The Balaban J connectivity index is 1.68. The Morgan fingerprint density at radius 2 is 1.52 bits per heavy atom. The van der Waals surface area contributed by atoms with E-state index in [2.05, 4.69) is 10.6 Å². The summed E-state index contributed by atoms with van der Waals surface area (Å²) < 4.78 is 5.04. The van der Waals surface area contributed by atoms with Gasteiger partial charge in [-0.05, 0) is 54.6 Å². The Hall–Kier alpha value is -2.43. The van der Waals surface area contributed by atoms with Crippen LogP contribution in [0.1, 0.15) is 10.6 Å². The quantitative estimate of drug-likeness (QED) is 0.648. The van der Waals surface area contributed by atoms with Gasteiger partial charge < -0.3 is 15.1 Å². The predicted octanol–water partition coefficient (Wildman–Crippen LogP) is 5.58. The summed E-state index contributed by atoms with van der Waals surface area (Å²) in [6.07, 6.45) is 1.46. The number of rotatable bonds is 4. The molecule has 2 N–H and O–H groups in total. The van der Waals surface area contributed by atoms with Crippen LogP contribution in [0, 0.1) is 0 Å². The highest BCUT2D eigenvalue weighted by Crippen LogP contribution is 2.26. The van der Waals surface area contributed by atoms with Gasteiger partial charge in [0.05, 0.1) is 6.26 Å². The van der Waals surface area contributed by atoms with Crippen molar-refractivity contribution < 1.29 is 9.21 Å². The van der Waals surface area contributed by atoms with Crippen LogP contribution in [0.25, 0.3) is 0 Å². The Bertz CT molecular complexity index is 795. The lowest BCUT2D eigenvalue weighted by molar-refractivity contribution is 0.0996. The molecule has 0 atom stereocenters. The molecule has 3 rings (SSSR count). The van der Waals surface area contributed by atoms with Gasteiger partial charge >= 0.3 is 0 Å². The van der Waals surface area contributed by atoms with Crippen LogP contribution >= 0.6 is 23.2 Å². The van der Waals surface area contributed by atoms with Gasteiger partial charge in [0, 0.05) is 27.1 Å². The zero-order chi connectivity index (χ0) is 16.2. The summed E-state index contributed by atoms with van der Waals surface area (Å²) in [5.41, 5.74) is 2.30. The third-order valence-electron chi connectivity index (χ3n) is 3.04. The third-order valence-corrected chi connectivity index (χ3v) is 3.48. The molecule has 0 saturated carbocycles. The number of halogens is 2. The zero-order valence-electron chi connectivity index (χ0n) is 11.8. The molecule has 0 aliphatic carbocycles. The van der Waals surface area contributed by atoms with Gasteiger partial charge in [0.2, 0.25) is 0 Å². The van der Waals surface area contributed by atoms with Crippen LogP contribution in [0.3, 0.4) is 0 Å². The monoisotopic (exact) mass is 346 g/mol. The van der Waals surface area contributed by atoms with E-state index >= 15 is 0 Å². The topological polar surface area (TPSA) is 54.3 Å². The van der Waals surface area contributed by atoms with Crippen LogP contribution in [0.4, 0.5) is 17.1 Å². The highest BCUT2D eigenvalue weighted by Gasteiger charge is 2.08. The molecule has 0 fully saturated rings. The zero-order valence-corrected chi connectivity index (χ0v) is 13.4. The van der Waals surface area contributed by atoms with Gasteiger partial charge in [-0.3, -0.25) is 4.79 Å². The molecule has 0 aliphatic rings. The number of nitrogens with one attached hydrogen (secondary N) is 2. The second-order valence-corrected chi connectivity index (χ2v) is 5.66. The fourth-order valence-electron chi connectivity index (χ4n) is 2.03. The largest absolute Gasteiger partial charge is 0.459 e. The molecule has 2 aromatic carbocycles. The second kappa shape index (κ2) is 6.77. The van der Waals surface area contributed by atoms with Crippen LogP contribution in [0.5, 0.6) is 0 Å². The van der Waals surface area contributed by atoms with Crippen molar-refractivity contribution in [3.8, 4) is 0 Å². The van der Waals surface area contributed by atoms with E-state index in [9.17, 15) is 4.79 Å². The van der Waals surface area contributed by atoms with Crippen molar-refractivity contribution >= 4 is 46.2 Å². The van der Waals surface area contributed by atoms with E-state index < -0.39 is 0 Å². The van der Waals surface area contributed by atoms with Gasteiger partial charge in [-0.2, -0.15) is 0 Å². The van der Waals surface area contributed by atoms with E-state index in [1.54, 1.807) is 42.5 Å². The number of amides is 1. The van der Waals surface area contributed by atoms with Crippen molar-refractivity contribution in [2.75, 3.05) is 10.6 Å². The highest BCUT2D eigenvalue weighted by molar-refractivity contribution is 6.35. The number of hydrogen-bond acceptors (Lipinski definition) is 3. The molecule has 0 aliphatic heterocycles. The molecular weight excluding hydrogens is 335 g/mol. The molecule has 4 nitrogen and oxygen atoms in total.